The summed E-state index contributed by atoms with van der Waals surface area (Å²) in [5.74, 6) is 1.71. The first-order valence-electron chi connectivity index (χ1n) is 7.33. The molecule has 0 bridgehead atoms. The first-order chi connectivity index (χ1) is 10.3. The molecule has 1 aliphatic rings. The van der Waals surface area contributed by atoms with Gasteiger partial charge in [0.05, 0.1) is 17.5 Å². The minimum Gasteiger partial charge on any atom is -0.342 e. The van der Waals surface area contributed by atoms with E-state index in [1.807, 2.05) is 30.5 Å². The Balaban J connectivity index is 1.65. The molecule has 0 saturated carbocycles. The number of H-pyrrole nitrogens is 1. The van der Waals surface area contributed by atoms with Gasteiger partial charge in [-0.2, -0.15) is 0 Å². The summed E-state index contributed by atoms with van der Waals surface area (Å²) in [5, 5.41) is 0. The molecule has 0 aliphatic heterocycles. The van der Waals surface area contributed by atoms with Crippen LogP contribution in [0.25, 0.3) is 11.0 Å². The van der Waals surface area contributed by atoms with E-state index in [9.17, 15) is 0 Å². The molecule has 2 heterocycles. The zero-order valence-electron chi connectivity index (χ0n) is 11.7. The van der Waals surface area contributed by atoms with Crippen molar-refractivity contribution in [3.63, 3.8) is 0 Å². The van der Waals surface area contributed by atoms with E-state index < -0.39 is 0 Å². The van der Waals surface area contributed by atoms with E-state index in [1.165, 1.54) is 0 Å². The van der Waals surface area contributed by atoms with Crippen LogP contribution >= 0.6 is 0 Å². The summed E-state index contributed by atoms with van der Waals surface area (Å²) in [6.45, 7) is 0. The maximum atomic E-state index is 6.10. The van der Waals surface area contributed by atoms with Crippen LogP contribution < -0.4 is 5.73 Å². The molecule has 21 heavy (non-hydrogen) atoms. The van der Waals surface area contributed by atoms with E-state index in [2.05, 4.69) is 19.9 Å². The molecule has 2 aromatic heterocycles. The number of aromatic nitrogens is 4. The highest BCUT2D eigenvalue weighted by Crippen LogP contribution is 2.26. The van der Waals surface area contributed by atoms with Crippen LogP contribution in [0.4, 0.5) is 0 Å². The van der Waals surface area contributed by atoms with Crippen LogP contribution in [0.1, 0.15) is 41.8 Å². The fourth-order valence-electron chi connectivity index (χ4n) is 2.95. The number of aromatic amines is 1. The molecule has 4 rings (SSSR count). The lowest BCUT2D eigenvalue weighted by Gasteiger charge is -2.20. The van der Waals surface area contributed by atoms with Crippen LogP contribution in [-0.2, 0) is 12.8 Å². The summed E-state index contributed by atoms with van der Waals surface area (Å²) in [5.41, 5.74) is 10.3. The maximum Gasteiger partial charge on any atom is 0.136 e. The number of nitrogens with two attached hydrogens (primary N) is 1. The van der Waals surface area contributed by atoms with Gasteiger partial charge in [0.25, 0.3) is 0 Å². The second-order valence-electron chi connectivity index (χ2n) is 5.56. The average Bonchev–Trinajstić information content (AvgIpc) is 2.89. The van der Waals surface area contributed by atoms with Gasteiger partial charge in [-0.3, -0.25) is 0 Å². The molecule has 1 atom stereocenters. The van der Waals surface area contributed by atoms with Gasteiger partial charge in [0.1, 0.15) is 11.6 Å². The van der Waals surface area contributed by atoms with Gasteiger partial charge in [0.15, 0.2) is 0 Å². The lowest BCUT2D eigenvalue weighted by molar-refractivity contribution is 0.553. The lowest BCUT2D eigenvalue weighted by Crippen LogP contribution is -2.20. The minimum absolute atomic E-state index is 0.0917. The molecular weight excluding hydrogens is 262 g/mol. The summed E-state index contributed by atoms with van der Waals surface area (Å²) in [6.07, 6.45) is 5.65. The summed E-state index contributed by atoms with van der Waals surface area (Å²) >= 11 is 0. The van der Waals surface area contributed by atoms with E-state index in [0.717, 1.165) is 53.2 Å². The average molecular weight is 279 g/mol. The predicted molar refractivity (Wildman–Crippen MR) is 80.8 cm³/mol. The van der Waals surface area contributed by atoms with Crippen molar-refractivity contribution in [3.8, 4) is 0 Å². The van der Waals surface area contributed by atoms with E-state index in [4.69, 9.17) is 5.73 Å². The zero-order chi connectivity index (χ0) is 14.2. The van der Waals surface area contributed by atoms with Crippen LogP contribution in [-0.4, -0.2) is 19.9 Å². The highest BCUT2D eigenvalue weighted by molar-refractivity contribution is 5.74. The molecule has 3 aromatic rings. The second kappa shape index (κ2) is 4.93. The Bertz CT molecular complexity index is 759. The molecule has 0 saturated heterocycles. The van der Waals surface area contributed by atoms with E-state index in [1.54, 1.807) is 0 Å². The number of para-hydroxylation sites is 2. The Morgan fingerprint density at radius 3 is 3.05 bits per heavy atom. The van der Waals surface area contributed by atoms with Gasteiger partial charge < -0.3 is 10.7 Å². The molecule has 5 nitrogen and oxygen atoms in total. The molecule has 1 aromatic carbocycles. The molecule has 1 unspecified atom stereocenters. The number of nitrogens with one attached hydrogen (secondary N) is 1. The maximum absolute atomic E-state index is 6.10. The number of nitrogens with zero attached hydrogens (tertiary/aromatic N) is 3. The Kier molecular flexibility index (Phi) is 2.93. The summed E-state index contributed by atoms with van der Waals surface area (Å²) < 4.78 is 0. The van der Waals surface area contributed by atoms with Crippen molar-refractivity contribution in [2.24, 2.45) is 5.73 Å². The molecular formula is C16H17N5. The third kappa shape index (κ3) is 2.29. The van der Waals surface area contributed by atoms with Gasteiger partial charge in [0.2, 0.25) is 0 Å². The summed E-state index contributed by atoms with van der Waals surface area (Å²) in [6, 6.07) is 8.11. The van der Waals surface area contributed by atoms with E-state index in [-0.39, 0.29) is 6.04 Å². The van der Waals surface area contributed by atoms with Crippen molar-refractivity contribution in [1.82, 2.24) is 19.9 Å². The number of benzene rings is 1. The van der Waals surface area contributed by atoms with Crippen molar-refractivity contribution < 1.29 is 0 Å². The number of aryl methyl sites for hydroxylation is 1. The summed E-state index contributed by atoms with van der Waals surface area (Å²) in [7, 11) is 0. The topological polar surface area (TPSA) is 80.5 Å². The quantitative estimate of drug-likeness (QED) is 0.754. The van der Waals surface area contributed by atoms with Crippen molar-refractivity contribution in [1.29, 1.82) is 0 Å². The third-order valence-electron chi connectivity index (χ3n) is 4.04. The standard InChI is InChI=1S/C16H17N5/c17-11-4-3-7-12-10(11)9-18-15(19-12)8-16-20-13-5-1-2-6-14(13)21-16/h1-2,5-6,9,11H,3-4,7-8,17H2,(H,20,21). The molecule has 0 spiro atoms. The number of imidazole rings is 1. The molecule has 0 fully saturated rings. The van der Waals surface area contributed by atoms with E-state index >= 15 is 0 Å². The Hall–Kier alpha value is -2.27. The zero-order valence-corrected chi connectivity index (χ0v) is 11.7. The fourth-order valence-corrected chi connectivity index (χ4v) is 2.95. The second-order valence-corrected chi connectivity index (χ2v) is 5.56. The number of fused-ring (bicyclic) bond motifs is 2. The smallest absolute Gasteiger partial charge is 0.136 e. The van der Waals surface area contributed by atoms with Crippen molar-refractivity contribution >= 4 is 11.0 Å². The monoisotopic (exact) mass is 279 g/mol. The van der Waals surface area contributed by atoms with Crippen molar-refractivity contribution in [3.05, 3.63) is 53.4 Å². The van der Waals surface area contributed by atoms with Gasteiger partial charge >= 0.3 is 0 Å². The van der Waals surface area contributed by atoms with Crippen LogP contribution in [0.3, 0.4) is 0 Å². The van der Waals surface area contributed by atoms with E-state index in [0.29, 0.717) is 6.42 Å². The highest BCUT2D eigenvalue weighted by Gasteiger charge is 2.19. The molecule has 5 heteroatoms. The van der Waals surface area contributed by atoms with Gasteiger partial charge in [0, 0.05) is 23.5 Å². The molecule has 1 aliphatic carbocycles. The Labute approximate surface area is 122 Å². The molecule has 0 radical (unpaired) electrons. The first-order valence-corrected chi connectivity index (χ1v) is 7.33. The molecule has 3 N–H and O–H groups in total. The first kappa shape index (κ1) is 12.5. The highest BCUT2D eigenvalue weighted by atomic mass is 15.0. The molecule has 0 amide bonds. The van der Waals surface area contributed by atoms with Crippen molar-refractivity contribution in [2.45, 2.75) is 31.7 Å². The molecule has 106 valence electrons. The fraction of sp³-hybridized carbons (Fsp3) is 0.312. The number of hydrogen-bond donors (Lipinski definition) is 2. The summed E-state index contributed by atoms with van der Waals surface area (Å²) in [4.78, 5) is 17.0. The van der Waals surface area contributed by atoms with Crippen molar-refractivity contribution in [2.75, 3.05) is 0 Å². The third-order valence-corrected chi connectivity index (χ3v) is 4.04. The van der Waals surface area contributed by atoms with Crippen LogP contribution in [0.2, 0.25) is 0 Å². The van der Waals surface area contributed by atoms with Crippen LogP contribution in [0, 0.1) is 0 Å². The van der Waals surface area contributed by atoms with Crippen LogP contribution in [0.5, 0.6) is 0 Å². The Morgan fingerprint density at radius 1 is 1.24 bits per heavy atom. The van der Waals surface area contributed by atoms with Gasteiger partial charge in [-0.05, 0) is 31.4 Å². The normalized spacial score (nSPS) is 17.9. The van der Waals surface area contributed by atoms with Gasteiger partial charge in [-0.25, -0.2) is 15.0 Å². The predicted octanol–water partition coefficient (Wildman–Crippen LogP) is 2.28. The van der Waals surface area contributed by atoms with Gasteiger partial charge in [-0.1, -0.05) is 12.1 Å². The largest absolute Gasteiger partial charge is 0.342 e. The number of hydrogen-bond acceptors (Lipinski definition) is 4. The van der Waals surface area contributed by atoms with Crippen LogP contribution in [0.15, 0.2) is 30.5 Å². The minimum atomic E-state index is 0.0917. The Morgan fingerprint density at radius 2 is 2.14 bits per heavy atom. The van der Waals surface area contributed by atoms with Gasteiger partial charge in [-0.15, -0.1) is 0 Å². The number of rotatable bonds is 2. The lowest BCUT2D eigenvalue weighted by atomic mass is 9.93. The SMILES string of the molecule is NC1CCCc2nc(Cc3nc4ccccc4[nH]3)ncc21.